The molecule has 1 rings (SSSR count). The smallest absolute Gasteiger partial charge is 0.0247 e. The first-order valence-corrected chi connectivity index (χ1v) is 7.90. The molecule has 0 radical (unpaired) electrons. The van der Waals surface area contributed by atoms with Crippen molar-refractivity contribution in [2.75, 3.05) is 33.2 Å². The minimum Gasteiger partial charge on any atom is -0.311 e. The highest BCUT2D eigenvalue weighted by atomic mass is 15.3. The van der Waals surface area contributed by atoms with Crippen molar-refractivity contribution in [1.29, 1.82) is 0 Å². The van der Waals surface area contributed by atoms with Gasteiger partial charge in [-0.2, -0.15) is 0 Å². The summed E-state index contributed by atoms with van der Waals surface area (Å²) < 4.78 is 0. The summed E-state index contributed by atoms with van der Waals surface area (Å²) in [6.07, 6.45) is 1.29. The Balaban J connectivity index is 2.68. The average molecular weight is 269 g/mol. The van der Waals surface area contributed by atoms with Crippen LogP contribution in [0.25, 0.3) is 0 Å². The zero-order chi connectivity index (χ0) is 14.6. The van der Waals surface area contributed by atoms with Crippen LogP contribution in [0.4, 0.5) is 0 Å². The van der Waals surface area contributed by atoms with Gasteiger partial charge in [0.1, 0.15) is 0 Å². The van der Waals surface area contributed by atoms with E-state index >= 15 is 0 Å². The van der Waals surface area contributed by atoms with Crippen LogP contribution in [0.1, 0.15) is 48.0 Å². The second-order valence-corrected chi connectivity index (χ2v) is 7.64. The summed E-state index contributed by atoms with van der Waals surface area (Å²) in [4.78, 5) is 5.20. The Kier molecular flexibility index (Phi) is 6.28. The van der Waals surface area contributed by atoms with E-state index in [-0.39, 0.29) is 5.54 Å². The van der Waals surface area contributed by atoms with Gasteiger partial charge in [-0.25, -0.2) is 0 Å². The third-order valence-electron chi connectivity index (χ3n) is 4.14. The molecule has 0 bridgehead atoms. The van der Waals surface area contributed by atoms with Gasteiger partial charge in [-0.1, -0.05) is 13.8 Å². The molecule has 19 heavy (non-hydrogen) atoms. The van der Waals surface area contributed by atoms with Gasteiger partial charge in [0, 0.05) is 37.3 Å². The lowest BCUT2D eigenvalue weighted by Gasteiger charge is -2.39. The van der Waals surface area contributed by atoms with Crippen LogP contribution in [0.15, 0.2) is 0 Å². The predicted octanol–water partition coefficient (Wildman–Crippen LogP) is 2.43. The van der Waals surface area contributed by atoms with Crippen molar-refractivity contribution in [2.24, 2.45) is 5.92 Å². The highest BCUT2D eigenvalue weighted by molar-refractivity contribution is 4.86. The van der Waals surface area contributed by atoms with Crippen LogP contribution in [0.3, 0.4) is 0 Å². The average Bonchev–Trinajstić information content (AvgIpc) is 2.39. The highest BCUT2D eigenvalue weighted by Gasteiger charge is 2.29. The fourth-order valence-electron chi connectivity index (χ4n) is 3.03. The molecule has 1 saturated heterocycles. The van der Waals surface area contributed by atoms with Crippen LogP contribution in [0.2, 0.25) is 0 Å². The minimum absolute atomic E-state index is 0.207. The molecule has 114 valence electrons. The Morgan fingerprint density at radius 2 is 1.84 bits per heavy atom. The number of rotatable bonds is 4. The molecule has 0 aromatic carbocycles. The molecule has 1 N–H and O–H groups in total. The fourth-order valence-corrected chi connectivity index (χ4v) is 3.03. The fraction of sp³-hybridized carbons (Fsp3) is 1.00. The number of nitrogens with zero attached hydrogens (tertiary/aromatic N) is 2. The van der Waals surface area contributed by atoms with Crippen molar-refractivity contribution >= 4 is 0 Å². The van der Waals surface area contributed by atoms with E-state index in [9.17, 15) is 0 Å². The third kappa shape index (κ3) is 5.80. The van der Waals surface area contributed by atoms with E-state index in [1.54, 1.807) is 0 Å². The van der Waals surface area contributed by atoms with Gasteiger partial charge in [0.05, 0.1) is 0 Å². The van der Waals surface area contributed by atoms with Gasteiger partial charge in [0.15, 0.2) is 0 Å². The van der Waals surface area contributed by atoms with Crippen LogP contribution in [0, 0.1) is 5.92 Å². The number of likely N-dealkylation sites (N-methyl/N-ethyl adjacent to an activating group) is 1. The van der Waals surface area contributed by atoms with Crippen LogP contribution in [0.5, 0.6) is 0 Å². The quantitative estimate of drug-likeness (QED) is 0.845. The van der Waals surface area contributed by atoms with E-state index in [0.717, 1.165) is 6.54 Å². The van der Waals surface area contributed by atoms with Crippen LogP contribution in [-0.4, -0.2) is 60.6 Å². The lowest BCUT2D eigenvalue weighted by Crippen LogP contribution is -2.53. The van der Waals surface area contributed by atoms with E-state index < -0.39 is 0 Å². The molecule has 3 heteroatoms. The summed E-state index contributed by atoms with van der Waals surface area (Å²) in [5.41, 5.74) is 0.207. The van der Waals surface area contributed by atoms with Crippen molar-refractivity contribution in [3.05, 3.63) is 0 Å². The van der Waals surface area contributed by atoms with Crippen molar-refractivity contribution in [3.8, 4) is 0 Å². The van der Waals surface area contributed by atoms with E-state index in [1.165, 1.54) is 26.1 Å². The van der Waals surface area contributed by atoms with Gasteiger partial charge in [0.25, 0.3) is 0 Å². The van der Waals surface area contributed by atoms with Crippen LogP contribution in [-0.2, 0) is 0 Å². The molecule has 0 aromatic heterocycles. The molecule has 1 aliphatic heterocycles. The summed E-state index contributed by atoms with van der Waals surface area (Å²) in [5, 5.41) is 3.70. The molecule has 0 spiro atoms. The number of nitrogens with one attached hydrogen (secondary N) is 1. The molecular weight excluding hydrogens is 234 g/mol. The van der Waals surface area contributed by atoms with E-state index in [0.29, 0.717) is 18.0 Å². The second-order valence-electron chi connectivity index (χ2n) is 7.64. The molecule has 3 nitrogen and oxygen atoms in total. The molecule has 1 aliphatic rings. The van der Waals surface area contributed by atoms with Gasteiger partial charge in [-0.3, -0.25) is 4.90 Å². The number of hydrogen-bond donors (Lipinski definition) is 1. The normalized spacial score (nSPS) is 25.6. The zero-order valence-corrected chi connectivity index (χ0v) is 14.2. The maximum atomic E-state index is 3.70. The highest BCUT2D eigenvalue weighted by Crippen LogP contribution is 2.18. The van der Waals surface area contributed by atoms with Crippen molar-refractivity contribution < 1.29 is 0 Å². The van der Waals surface area contributed by atoms with Gasteiger partial charge in [-0.05, 0) is 53.6 Å². The molecule has 1 heterocycles. The molecule has 2 atom stereocenters. The SMILES string of the molecule is CC(C)C(CNC(C)(C)C)N1CCCN(C)CC1C. The van der Waals surface area contributed by atoms with E-state index in [2.05, 4.69) is 63.7 Å². The summed E-state index contributed by atoms with van der Waals surface area (Å²) in [6, 6.07) is 1.29. The minimum atomic E-state index is 0.207. The molecule has 0 aliphatic carbocycles. The Morgan fingerprint density at radius 1 is 1.21 bits per heavy atom. The van der Waals surface area contributed by atoms with Gasteiger partial charge >= 0.3 is 0 Å². The van der Waals surface area contributed by atoms with Crippen molar-refractivity contribution in [3.63, 3.8) is 0 Å². The summed E-state index contributed by atoms with van der Waals surface area (Å²) in [6.45, 7) is 18.6. The zero-order valence-electron chi connectivity index (χ0n) is 14.2. The molecule has 0 aromatic rings. The topological polar surface area (TPSA) is 18.5 Å². The Labute approximate surface area is 120 Å². The molecular formula is C16H35N3. The maximum Gasteiger partial charge on any atom is 0.0247 e. The van der Waals surface area contributed by atoms with Gasteiger partial charge < -0.3 is 10.2 Å². The summed E-state index contributed by atoms with van der Waals surface area (Å²) in [7, 11) is 2.25. The number of hydrogen-bond acceptors (Lipinski definition) is 3. The summed E-state index contributed by atoms with van der Waals surface area (Å²) >= 11 is 0. The second kappa shape index (κ2) is 7.05. The Morgan fingerprint density at radius 3 is 2.37 bits per heavy atom. The summed E-state index contributed by atoms with van der Waals surface area (Å²) in [5.74, 6) is 0.695. The standard InChI is InChI=1S/C16H35N3/c1-13(2)15(11-17-16(4,5)6)19-10-8-9-18(7)12-14(19)3/h13-15,17H,8-12H2,1-7H3. The first kappa shape index (κ1) is 16.9. The van der Waals surface area contributed by atoms with Gasteiger partial charge in [0.2, 0.25) is 0 Å². The molecule has 0 amide bonds. The lowest BCUT2D eigenvalue weighted by atomic mass is 9.98. The first-order chi connectivity index (χ1) is 8.70. The third-order valence-corrected chi connectivity index (χ3v) is 4.14. The van der Waals surface area contributed by atoms with Gasteiger partial charge in [-0.15, -0.1) is 0 Å². The van der Waals surface area contributed by atoms with E-state index in [4.69, 9.17) is 0 Å². The largest absolute Gasteiger partial charge is 0.311 e. The molecule has 1 fully saturated rings. The lowest BCUT2D eigenvalue weighted by molar-refractivity contribution is 0.103. The van der Waals surface area contributed by atoms with Crippen LogP contribution >= 0.6 is 0 Å². The van der Waals surface area contributed by atoms with E-state index in [1.807, 2.05) is 0 Å². The molecule has 0 saturated carbocycles. The van der Waals surface area contributed by atoms with Crippen LogP contribution < -0.4 is 5.32 Å². The first-order valence-electron chi connectivity index (χ1n) is 7.90. The monoisotopic (exact) mass is 269 g/mol. The Bertz CT molecular complexity index is 257. The molecule has 2 unspecified atom stereocenters. The Hall–Kier alpha value is -0.120. The van der Waals surface area contributed by atoms with Crippen molar-refractivity contribution in [1.82, 2.24) is 15.1 Å². The van der Waals surface area contributed by atoms with Crippen molar-refractivity contribution in [2.45, 2.75) is 65.6 Å². The predicted molar refractivity (Wildman–Crippen MR) is 84.7 cm³/mol. The maximum absolute atomic E-state index is 3.70.